The lowest BCUT2D eigenvalue weighted by Gasteiger charge is -2.27. The van der Waals surface area contributed by atoms with E-state index in [-0.39, 0.29) is 23.6 Å². The van der Waals surface area contributed by atoms with Crippen molar-refractivity contribution in [2.24, 2.45) is 24.6 Å². The van der Waals surface area contributed by atoms with Crippen LogP contribution in [0, 0.1) is 11.8 Å². The van der Waals surface area contributed by atoms with E-state index in [0.29, 0.717) is 46.7 Å². The van der Waals surface area contributed by atoms with Crippen LogP contribution in [0.15, 0.2) is 53.5 Å². The topological polar surface area (TPSA) is 136 Å². The predicted molar refractivity (Wildman–Crippen MR) is 165 cm³/mol. The number of nitrogens with zero attached hydrogens (tertiary/aromatic N) is 5. The summed E-state index contributed by atoms with van der Waals surface area (Å²) in [5.41, 5.74) is 10.8. The molecule has 0 radical (unpaired) electrons. The van der Waals surface area contributed by atoms with Gasteiger partial charge in [-0.2, -0.15) is 0 Å². The molecule has 11 heteroatoms. The molecule has 2 aliphatic carbocycles. The number of hydrogen-bond acceptors (Lipinski definition) is 7. The number of aromatic amines is 1. The van der Waals surface area contributed by atoms with Crippen molar-refractivity contribution in [1.29, 1.82) is 0 Å². The number of aryl methyl sites for hydroxylation is 1. The van der Waals surface area contributed by atoms with Gasteiger partial charge in [-0.3, -0.25) is 9.59 Å². The van der Waals surface area contributed by atoms with Gasteiger partial charge in [-0.1, -0.05) is 0 Å². The second kappa shape index (κ2) is 9.70. The van der Waals surface area contributed by atoms with Gasteiger partial charge in [0.25, 0.3) is 5.91 Å². The number of nitrogens with two attached hydrogens (primary N) is 1. The number of aromatic nitrogens is 5. The quantitative estimate of drug-likeness (QED) is 0.266. The zero-order valence-corrected chi connectivity index (χ0v) is 24.2. The Morgan fingerprint density at radius 1 is 1.12 bits per heavy atom. The zero-order chi connectivity index (χ0) is 29.4. The summed E-state index contributed by atoms with van der Waals surface area (Å²) in [5, 5.41) is 4.26. The molecule has 1 aromatic carbocycles. The van der Waals surface area contributed by atoms with E-state index in [9.17, 15) is 9.59 Å². The summed E-state index contributed by atoms with van der Waals surface area (Å²) in [7, 11) is 3.62. The standard InChI is InChI=1S/C32H34N8O3/c1-38-29-22(11-20(13-25(29)43-2)32(42)40-16-19-5-7-23(40)28(19)33)36-31(38)24-12-18-6-8-26(35-21-9-10-34-27(41)14-21)37-30(18)39(24)15-17-3-4-17/h6,8-14,17,19,23,28H,3-5,7,15-16,33H2,1-2H3,(H2,34,35,37,41)/t19?,23?,28-/m1/s1. The molecule has 8 rings (SSSR count). The molecular weight excluding hydrogens is 544 g/mol. The first-order chi connectivity index (χ1) is 20.9. The third-order valence-corrected chi connectivity index (χ3v) is 9.47. The molecule has 2 saturated carbocycles. The van der Waals surface area contributed by atoms with Gasteiger partial charge in [-0.15, -0.1) is 0 Å². The third kappa shape index (κ3) is 4.29. The van der Waals surface area contributed by atoms with Gasteiger partial charge in [0, 0.05) is 61.1 Å². The van der Waals surface area contributed by atoms with Crippen molar-refractivity contribution in [3.8, 4) is 17.3 Å². The molecule has 0 spiro atoms. The average molecular weight is 579 g/mol. The van der Waals surface area contributed by atoms with Gasteiger partial charge in [0.1, 0.15) is 22.7 Å². The normalized spacial score (nSPS) is 21.3. The minimum atomic E-state index is -0.177. The number of anilines is 2. The summed E-state index contributed by atoms with van der Waals surface area (Å²) in [4.78, 5) is 40.1. The second-order valence-corrected chi connectivity index (χ2v) is 12.2. The van der Waals surface area contributed by atoms with E-state index >= 15 is 0 Å². The predicted octanol–water partition coefficient (Wildman–Crippen LogP) is 4.00. The van der Waals surface area contributed by atoms with Crippen LogP contribution in [0.1, 0.15) is 36.0 Å². The highest BCUT2D eigenvalue weighted by Gasteiger charge is 2.47. The number of piperidine rings is 1. The first-order valence-electron chi connectivity index (χ1n) is 15.0. The average Bonchev–Trinajstić information content (AvgIpc) is 3.41. The molecule has 3 aliphatic rings. The van der Waals surface area contributed by atoms with Gasteiger partial charge in [-0.05, 0) is 73.9 Å². The van der Waals surface area contributed by atoms with Gasteiger partial charge >= 0.3 is 0 Å². The van der Waals surface area contributed by atoms with Gasteiger partial charge in [-0.25, -0.2) is 9.97 Å². The molecule has 4 aromatic heterocycles. The molecule has 43 heavy (non-hydrogen) atoms. The van der Waals surface area contributed by atoms with Crippen LogP contribution in [-0.2, 0) is 13.6 Å². The number of carbonyl (C=O) groups excluding carboxylic acids is 1. The number of ether oxygens (including phenoxy) is 1. The maximum absolute atomic E-state index is 13.7. The number of rotatable bonds is 7. The number of carbonyl (C=O) groups is 1. The van der Waals surface area contributed by atoms with Gasteiger partial charge in [0.2, 0.25) is 5.56 Å². The van der Waals surface area contributed by atoms with Crippen LogP contribution in [0.2, 0.25) is 0 Å². The van der Waals surface area contributed by atoms with Crippen molar-refractivity contribution in [2.75, 3.05) is 19.0 Å². The number of imidazole rings is 1. The minimum absolute atomic E-state index is 0.0115. The minimum Gasteiger partial charge on any atom is -0.494 e. The van der Waals surface area contributed by atoms with E-state index in [1.54, 1.807) is 19.4 Å². The van der Waals surface area contributed by atoms with Crippen LogP contribution in [0.3, 0.4) is 0 Å². The van der Waals surface area contributed by atoms with E-state index in [0.717, 1.165) is 47.5 Å². The second-order valence-electron chi connectivity index (χ2n) is 12.2. The van der Waals surface area contributed by atoms with E-state index in [1.165, 1.54) is 18.9 Å². The number of H-pyrrole nitrogens is 1. The summed E-state index contributed by atoms with van der Waals surface area (Å²) in [5.74, 6) is 3.02. The van der Waals surface area contributed by atoms with Crippen molar-refractivity contribution in [2.45, 2.75) is 44.3 Å². The van der Waals surface area contributed by atoms with E-state index in [1.807, 2.05) is 40.8 Å². The molecule has 220 valence electrons. The molecule has 1 aliphatic heterocycles. The molecule has 3 fully saturated rings. The van der Waals surface area contributed by atoms with E-state index in [2.05, 4.69) is 20.9 Å². The van der Waals surface area contributed by atoms with Gasteiger partial charge < -0.3 is 34.8 Å². The smallest absolute Gasteiger partial charge is 0.254 e. The molecular formula is C32H34N8O3. The van der Waals surface area contributed by atoms with Crippen molar-refractivity contribution in [3.63, 3.8) is 0 Å². The monoisotopic (exact) mass is 578 g/mol. The number of methoxy groups -OCH3 is 1. The fourth-order valence-electron chi connectivity index (χ4n) is 7.06. The highest BCUT2D eigenvalue weighted by atomic mass is 16.5. The van der Waals surface area contributed by atoms with Crippen molar-refractivity contribution >= 4 is 39.5 Å². The Balaban J connectivity index is 1.21. The molecule has 11 nitrogen and oxygen atoms in total. The molecule has 2 unspecified atom stereocenters. The molecule has 1 amide bonds. The van der Waals surface area contributed by atoms with Crippen LogP contribution in [-0.4, -0.2) is 60.6 Å². The Bertz CT molecular complexity index is 1970. The summed E-state index contributed by atoms with van der Waals surface area (Å²) >= 11 is 0. The van der Waals surface area contributed by atoms with Crippen LogP contribution in [0.4, 0.5) is 11.5 Å². The third-order valence-electron chi connectivity index (χ3n) is 9.47. The Labute approximate surface area is 247 Å². The first kappa shape index (κ1) is 26.0. The highest BCUT2D eigenvalue weighted by Crippen LogP contribution is 2.40. The Kier molecular flexibility index (Phi) is 5.87. The summed E-state index contributed by atoms with van der Waals surface area (Å²) in [6, 6.07) is 13.3. The maximum atomic E-state index is 13.7. The fourth-order valence-corrected chi connectivity index (χ4v) is 7.06. The number of likely N-dealkylation sites (tertiary alicyclic amines) is 1. The number of benzene rings is 1. The number of nitrogens with one attached hydrogen (secondary N) is 2. The number of pyridine rings is 2. The van der Waals surface area contributed by atoms with Crippen molar-refractivity contribution in [3.05, 3.63) is 64.6 Å². The molecule has 4 N–H and O–H groups in total. The van der Waals surface area contributed by atoms with Crippen LogP contribution >= 0.6 is 0 Å². The SMILES string of the molecule is COc1cc(C(=O)N2CC3CCC2[C@@H]3N)cc2nc(-c3cc4ccc(Nc5cc[nH]c(=O)c5)nc4n3CC3CC3)n(C)c12. The number of fused-ring (bicyclic) bond motifs is 4. The number of hydrogen-bond donors (Lipinski definition) is 3. The van der Waals surface area contributed by atoms with Crippen molar-refractivity contribution in [1.82, 2.24) is 29.0 Å². The summed E-state index contributed by atoms with van der Waals surface area (Å²) < 4.78 is 10.1. The van der Waals surface area contributed by atoms with E-state index in [4.69, 9.17) is 20.4 Å². The Hall–Kier alpha value is -4.64. The highest BCUT2D eigenvalue weighted by molar-refractivity contribution is 6.00. The van der Waals surface area contributed by atoms with Crippen LogP contribution < -0.4 is 21.3 Å². The Morgan fingerprint density at radius 3 is 2.70 bits per heavy atom. The van der Waals surface area contributed by atoms with Gasteiger partial charge in [0.05, 0.1) is 18.3 Å². The lowest BCUT2D eigenvalue weighted by molar-refractivity contribution is 0.0700. The lowest BCUT2D eigenvalue weighted by Crippen LogP contribution is -2.41. The molecule has 5 heterocycles. The number of amides is 1. The molecule has 1 saturated heterocycles. The Morgan fingerprint density at radius 2 is 1.98 bits per heavy atom. The molecule has 5 aromatic rings. The van der Waals surface area contributed by atoms with Crippen LogP contribution in [0.25, 0.3) is 33.6 Å². The van der Waals surface area contributed by atoms with E-state index < -0.39 is 0 Å². The zero-order valence-electron chi connectivity index (χ0n) is 24.2. The summed E-state index contributed by atoms with van der Waals surface area (Å²) in [6.07, 6.45) is 6.04. The molecule has 3 atom stereocenters. The van der Waals surface area contributed by atoms with Crippen molar-refractivity contribution < 1.29 is 9.53 Å². The maximum Gasteiger partial charge on any atom is 0.254 e. The summed E-state index contributed by atoms with van der Waals surface area (Å²) in [6.45, 7) is 1.55. The lowest BCUT2D eigenvalue weighted by atomic mass is 10.1. The largest absolute Gasteiger partial charge is 0.494 e. The fraction of sp³-hybridized carbons (Fsp3) is 0.375. The molecule has 2 bridgehead atoms. The van der Waals surface area contributed by atoms with Crippen LogP contribution in [0.5, 0.6) is 5.75 Å². The first-order valence-corrected chi connectivity index (χ1v) is 15.0. The van der Waals surface area contributed by atoms with Gasteiger partial charge in [0.15, 0.2) is 5.82 Å².